The number of carbonyl (C=O) groups is 1. The molecule has 3 heterocycles. The largest absolute Gasteiger partial charge is 0.453 e. The third kappa shape index (κ3) is 3.37. The molecule has 0 saturated carbocycles. The number of carbonyl (C=O) groups excluding carboxylic acids is 1. The molecule has 4 rings (SSSR count). The van der Waals surface area contributed by atoms with Crippen LogP contribution in [0.5, 0.6) is 0 Å². The fourth-order valence-electron chi connectivity index (χ4n) is 2.96. The van der Waals surface area contributed by atoms with Gasteiger partial charge < -0.3 is 13.9 Å². The van der Waals surface area contributed by atoms with Gasteiger partial charge in [0.25, 0.3) is 5.56 Å². The van der Waals surface area contributed by atoms with Crippen molar-refractivity contribution >= 4 is 34.2 Å². The van der Waals surface area contributed by atoms with Crippen LogP contribution in [0.4, 0.5) is 0 Å². The maximum atomic E-state index is 12.6. The van der Waals surface area contributed by atoms with Gasteiger partial charge in [0.2, 0.25) is 5.76 Å². The fourth-order valence-corrected chi connectivity index (χ4v) is 3.12. The number of nitrogens with zero attached hydrogens (tertiary/aromatic N) is 2. The first-order valence-corrected chi connectivity index (χ1v) is 8.79. The molecule has 0 fully saturated rings. The second kappa shape index (κ2) is 7.46. The van der Waals surface area contributed by atoms with Crippen LogP contribution in [0.3, 0.4) is 0 Å². The predicted octanol–water partition coefficient (Wildman–Crippen LogP) is 3.60. The first-order chi connectivity index (χ1) is 13.6. The first-order valence-electron chi connectivity index (χ1n) is 8.41. The van der Waals surface area contributed by atoms with Gasteiger partial charge in [0.05, 0.1) is 17.3 Å². The number of furan rings is 1. The van der Waals surface area contributed by atoms with Crippen molar-refractivity contribution in [2.45, 2.75) is 13.2 Å². The Morgan fingerprint density at radius 1 is 1.21 bits per heavy atom. The van der Waals surface area contributed by atoms with Crippen LogP contribution >= 0.6 is 11.6 Å². The molecule has 8 heteroatoms. The van der Waals surface area contributed by atoms with Gasteiger partial charge in [-0.15, -0.1) is 0 Å². The number of ether oxygens (including phenoxy) is 2. The number of esters is 1. The highest BCUT2D eigenvalue weighted by molar-refractivity contribution is 6.30. The minimum absolute atomic E-state index is 0.0762. The summed E-state index contributed by atoms with van der Waals surface area (Å²) >= 11 is 5.90. The summed E-state index contributed by atoms with van der Waals surface area (Å²) in [5, 5.41) is 1.21. The normalized spacial score (nSPS) is 11.2. The van der Waals surface area contributed by atoms with E-state index in [-0.39, 0.29) is 24.5 Å². The zero-order chi connectivity index (χ0) is 19.7. The SMILES string of the molecule is COCc1c(C(=O)OCc2cc(=O)n3cc(Cl)ccc3n2)oc2ccccc12. The molecule has 7 nitrogen and oxygen atoms in total. The van der Waals surface area contributed by atoms with E-state index < -0.39 is 5.97 Å². The number of halogens is 1. The third-order valence-electron chi connectivity index (χ3n) is 4.20. The number of pyridine rings is 1. The molecule has 0 unspecified atom stereocenters. The number of hydrogen-bond acceptors (Lipinski definition) is 6. The summed E-state index contributed by atoms with van der Waals surface area (Å²) in [6.07, 6.45) is 1.48. The smallest absolute Gasteiger partial charge is 0.375 e. The molecule has 0 bridgehead atoms. The summed E-state index contributed by atoms with van der Waals surface area (Å²) in [5.41, 5.74) is 1.60. The van der Waals surface area contributed by atoms with E-state index in [0.29, 0.717) is 27.5 Å². The van der Waals surface area contributed by atoms with Crippen LogP contribution in [0.15, 0.2) is 57.9 Å². The Kier molecular flexibility index (Phi) is 4.85. The summed E-state index contributed by atoms with van der Waals surface area (Å²) < 4.78 is 17.5. The Balaban J connectivity index is 1.60. The molecular weight excluding hydrogens is 384 g/mol. The van der Waals surface area contributed by atoms with E-state index in [1.165, 1.54) is 23.8 Å². The number of para-hydroxylation sites is 1. The number of benzene rings is 1. The van der Waals surface area contributed by atoms with Gasteiger partial charge in [-0.05, 0) is 18.2 Å². The average Bonchev–Trinajstić information content (AvgIpc) is 3.06. The summed E-state index contributed by atoms with van der Waals surface area (Å²) in [6, 6.07) is 11.8. The quantitative estimate of drug-likeness (QED) is 0.478. The third-order valence-corrected chi connectivity index (χ3v) is 4.42. The first kappa shape index (κ1) is 18.2. The van der Waals surface area contributed by atoms with Crippen LogP contribution < -0.4 is 5.56 Å². The lowest BCUT2D eigenvalue weighted by atomic mass is 10.1. The molecule has 3 aromatic heterocycles. The fraction of sp³-hybridized carbons (Fsp3) is 0.150. The Hall–Kier alpha value is -3.16. The van der Waals surface area contributed by atoms with Gasteiger partial charge in [-0.3, -0.25) is 9.20 Å². The minimum Gasteiger partial charge on any atom is -0.453 e. The van der Waals surface area contributed by atoms with Gasteiger partial charge in [0, 0.05) is 30.3 Å². The number of fused-ring (bicyclic) bond motifs is 2. The van der Waals surface area contributed by atoms with Crippen LogP contribution in [0.25, 0.3) is 16.6 Å². The molecule has 0 atom stereocenters. The standard InChI is InChI=1S/C20H15ClN2O5/c1-26-11-15-14-4-2-3-5-16(14)28-19(15)20(25)27-10-13-8-18(24)23-9-12(21)6-7-17(23)22-13/h2-9H,10-11H2,1H3. The van der Waals surface area contributed by atoms with Crippen molar-refractivity contribution in [2.75, 3.05) is 7.11 Å². The Morgan fingerprint density at radius 2 is 2.04 bits per heavy atom. The van der Waals surface area contributed by atoms with E-state index in [9.17, 15) is 9.59 Å². The van der Waals surface area contributed by atoms with Crippen molar-refractivity contribution in [3.05, 3.63) is 81.1 Å². The molecule has 0 aliphatic heterocycles. The van der Waals surface area contributed by atoms with Gasteiger partial charge in [-0.2, -0.15) is 0 Å². The van der Waals surface area contributed by atoms with Crippen LogP contribution in [0, 0.1) is 0 Å². The van der Waals surface area contributed by atoms with E-state index in [4.69, 9.17) is 25.5 Å². The molecule has 0 N–H and O–H groups in total. The van der Waals surface area contributed by atoms with Crippen molar-refractivity contribution in [1.82, 2.24) is 9.38 Å². The Bertz CT molecular complexity index is 1240. The molecule has 28 heavy (non-hydrogen) atoms. The van der Waals surface area contributed by atoms with E-state index in [1.807, 2.05) is 18.2 Å². The van der Waals surface area contributed by atoms with Gasteiger partial charge in [0.1, 0.15) is 17.8 Å². The molecule has 0 radical (unpaired) electrons. The Morgan fingerprint density at radius 3 is 2.86 bits per heavy atom. The predicted molar refractivity (Wildman–Crippen MR) is 103 cm³/mol. The lowest BCUT2D eigenvalue weighted by Crippen LogP contribution is -2.16. The second-order valence-electron chi connectivity index (χ2n) is 6.08. The van der Waals surface area contributed by atoms with Crippen molar-refractivity contribution in [2.24, 2.45) is 0 Å². The van der Waals surface area contributed by atoms with Crippen molar-refractivity contribution in [3.63, 3.8) is 0 Å². The molecule has 142 valence electrons. The maximum absolute atomic E-state index is 12.6. The molecule has 4 aromatic rings. The second-order valence-corrected chi connectivity index (χ2v) is 6.51. The van der Waals surface area contributed by atoms with Crippen molar-refractivity contribution < 1.29 is 18.7 Å². The molecule has 1 aromatic carbocycles. The summed E-state index contributed by atoms with van der Waals surface area (Å²) in [4.78, 5) is 29.1. The van der Waals surface area contributed by atoms with E-state index in [0.717, 1.165) is 5.39 Å². The summed E-state index contributed by atoms with van der Waals surface area (Å²) in [5.74, 6) is -0.575. The van der Waals surface area contributed by atoms with Gasteiger partial charge in [0.15, 0.2) is 0 Å². The zero-order valence-corrected chi connectivity index (χ0v) is 15.6. The average molecular weight is 399 g/mol. The van der Waals surface area contributed by atoms with E-state index >= 15 is 0 Å². The lowest BCUT2D eigenvalue weighted by molar-refractivity contribution is 0.0427. The highest BCUT2D eigenvalue weighted by Gasteiger charge is 2.22. The highest BCUT2D eigenvalue weighted by Crippen LogP contribution is 2.27. The minimum atomic E-state index is -0.652. The topological polar surface area (TPSA) is 83.0 Å². The van der Waals surface area contributed by atoms with Crippen LogP contribution in [-0.4, -0.2) is 22.5 Å². The van der Waals surface area contributed by atoms with Gasteiger partial charge >= 0.3 is 5.97 Å². The monoisotopic (exact) mass is 398 g/mol. The van der Waals surface area contributed by atoms with E-state index in [2.05, 4.69) is 4.98 Å². The molecule has 0 saturated heterocycles. The zero-order valence-electron chi connectivity index (χ0n) is 14.8. The molecular formula is C20H15ClN2O5. The van der Waals surface area contributed by atoms with Crippen LogP contribution in [0.1, 0.15) is 21.8 Å². The van der Waals surface area contributed by atoms with Crippen LogP contribution in [0.2, 0.25) is 5.02 Å². The number of aromatic nitrogens is 2. The van der Waals surface area contributed by atoms with E-state index in [1.54, 1.807) is 18.2 Å². The van der Waals surface area contributed by atoms with Crippen molar-refractivity contribution in [3.8, 4) is 0 Å². The molecule has 0 amide bonds. The van der Waals surface area contributed by atoms with Crippen LogP contribution in [-0.2, 0) is 22.7 Å². The van der Waals surface area contributed by atoms with Gasteiger partial charge in [-0.25, -0.2) is 9.78 Å². The van der Waals surface area contributed by atoms with Crippen molar-refractivity contribution in [1.29, 1.82) is 0 Å². The number of rotatable bonds is 5. The highest BCUT2D eigenvalue weighted by atomic mass is 35.5. The summed E-state index contributed by atoms with van der Waals surface area (Å²) in [6.45, 7) is 0.0362. The molecule has 0 aliphatic carbocycles. The molecule has 0 spiro atoms. The summed E-state index contributed by atoms with van der Waals surface area (Å²) in [7, 11) is 1.54. The molecule has 0 aliphatic rings. The maximum Gasteiger partial charge on any atom is 0.375 e. The van der Waals surface area contributed by atoms with Gasteiger partial charge in [-0.1, -0.05) is 29.8 Å². The number of methoxy groups -OCH3 is 1. The number of hydrogen-bond donors (Lipinski definition) is 0. The lowest BCUT2D eigenvalue weighted by Gasteiger charge is -2.06. The Labute approximate surface area is 164 Å².